The van der Waals surface area contributed by atoms with E-state index in [0.29, 0.717) is 19.3 Å². The molecule has 0 aromatic heterocycles. The highest BCUT2D eigenvalue weighted by molar-refractivity contribution is 5.71. The van der Waals surface area contributed by atoms with Gasteiger partial charge in [-0.05, 0) is 57.8 Å². The lowest BCUT2D eigenvalue weighted by molar-refractivity contribution is -0.167. The third-order valence-electron chi connectivity index (χ3n) is 9.30. The molecule has 1 atom stereocenters. The Kier molecular flexibility index (Phi) is 41.6. The topological polar surface area (TPSA) is 78.9 Å². The predicted octanol–water partition coefficient (Wildman–Crippen LogP) is 14.5. The Labute approximate surface area is 344 Å². The van der Waals surface area contributed by atoms with Crippen molar-refractivity contribution in [2.24, 2.45) is 0 Å². The Morgan fingerprint density at radius 2 is 0.696 bits per heavy atom. The average molecular weight is 779 g/mol. The Morgan fingerprint density at radius 3 is 1.11 bits per heavy atom. The van der Waals surface area contributed by atoms with Crippen molar-refractivity contribution in [2.75, 3.05) is 13.2 Å². The molecule has 0 amide bonds. The zero-order chi connectivity index (χ0) is 40.8. The van der Waals surface area contributed by atoms with Crippen LogP contribution >= 0.6 is 0 Å². The predicted molar refractivity (Wildman–Crippen MR) is 237 cm³/mol. The maximum Gasteiger partial charge on any atom is 0.306 e. The summed E-state index contributed by atoms with van der Waals surface area (Å²) in [4.78, 5) is 37.7. The van der Waals surface area contributed by atoms with Gasteiger partial charge >= 0.3 is 17.9 Å². The number of esters is 3. The standard InChI is InChI=1S/C50H82O6/c1-4-7-10-13-16-19-22-24-25-27-28-31-34-37-40-43-49(52)55-46-47(45-54-48(51)42-39-36-33-30-21-18-15-12-9-6-3)56-50(53)44-41-38-35-32-29-26-23-20-17-14-11-8-5-2/h7-8,10-11,13-14,16-17,19-20,22-23,26,29,47H,4-6,9,12,15,18,21,24-25,27-28,30-46H2,1-3H3/b10-7-,11-8-,16-13-,17-14-,22-19-,23-20-,29-26-. The van der Waals surface area contributed by atoms with Crippen LogP contribution in [0.5, 0.6) is 0 Å². The van der Waals surface area contributed by atoms with Crippen LogP contribution in [-0.4, -0.2) is 37.2 Å². The van der Waals surface area contributed by atoms with Crippen LogP contribution in [0.2, 0.25) is 0 Å². The summed E-state index contributed by atoms with van der Waals surface area (Å²) in [5.74, 6) is -0.957. The molecule has 6 heteroatoms. The van der Waals surface area contributed by atoms with Gasteiger partial charge in [-0.2, -0.15) is 0 Å². The summed E-state index contributed by atoms with van der Waals surface area (Å²) in [5, 5.41) is 0. The van der Waals surface area contributed by atoms with E-state index in [1.807, 2.05) is 36.5 Å². The highest BCUT2D eigenvalue weighted by Gasteiger charge is 2.19. The minimum Gasteiger partial charge on any atom is -0.462 e. The van der Waals surface area contributed by atoms with E-state index >= 15 is 0 Å². The molecule has 1 unspecified atom stereocenters. The molecule has 56 heavy (non-hydrogen) atoms. The summed E-state index contributed by atoms with van der Waals surface area (Å²) >= 11 is 0. The lowest BCUT2D eigenvalue weighted by Gasteiger charge is -2.18. The van der Waals surface area contributed by atoms with Gasteiger partial charge in [0.05, 0.1) is 0 Å². The van der Waals surface area contributed by atoms with E-state index in [0.717, 1.165) is 77.0 Å². The zero-order valence-electron chi connectivity index (χ0n) is 36.1. The smallest absolute Gasteiger partial charge is 0.306 e. The van der Waals surface area contributed by atoms with Crippen molar-refractivity contribution < 1.29 is 28.6 Å². The molecule has 0 saturated carbocycles. The van der Waals surface area contributed by atoms with Crippen molar-refractivity contribution in [1.29, 1.82) is 0 Å². The number of ether oxygens (including phenoxy) is 3. The van der Waals surface area contributed by atoms with Gasteiger partial charge in [0.15, 0.2) is 6.10 Å². The second-order valence-corrected chi connectivity index (χ2v) is 14.7. The Balaban J connectivity index is 4.46. The molecule has 0 rings (SSSR count). The first-order valence-electron chi connectivity index (χ1n) is 22.7. The van der Waals surface area contributed by atoms with Crippen LogP contribution in [0.25, 0.3) is 0 Å². The molecule has 0 radical (unpaired) electrons. The summed E-state index contributed by atoms with van der Waals surface area (Å²) < 4.78 is 16.7. The molecular weight excluding hydrogens is 697 g/mol. The first-order valence-corrected chi connectivity index (χ1v) is 22.7. The number of carbonyl (C=O) groups is 3. The summed E-state index contributed by atoms with van der Waals surface area (Å²) in [6.07, 6.45) is 55.6. The summed E-state index contributed by atoms with van der Waals surface area (Å²) in [6, 6.07) is 0. The molecule has 0 fully saturated rings. The molecule has 0 aromatic carbocycles. The van der Waals surface area contributed by atoms with Crippen LogP contribution in [0.3, 0.4) is 0 Å². The van der Waals surface area contributed by atoms with Crippen molar-refractivity contribution in [3.8, 4) is 0 Å². The normalized spacial score (nSPS) is 12.8. The number of unbranched alkanes of at least 4 members (excludes halogenated alkanes) is 19. The highest BCUT2D eigenvalue weighted by Crippen LogP contribution is 2.14. The number of rotatable bonds is 39. The average Bonchev–Trinajstić information content (AvgIpc) is 3.19. The van der Waals surface area contributed by atoms with Gasteiger partial charge in [-0.15, -0.1) is 0 Å². The molecule has 0 spiro atoms. The lowest BCUT2D eigenvalue weighted by Crippen LogP contribution is -2.30. The third-order valence-corrected chi connectivity index (χ3v) is 9.30. The number of hydrogen-bond acceptors (Lipinski definition) is 6. The maximum atomic E-state index is 12.7. The summed E-state index contributed by atoms with van der Waals surface area (Å²) in [7, 11) is 0. The van der Waals surface area contributed by atoms with Crippen molar-refractivity contribution in [2.45, 2.75) is 200 Å². The van der Waals surface area contributed by atoms with E-state index in [9.17, 15) is 14.4 Å². The quantitative estimate of drug-likeness (QED) is 0.0268. The number of hydrogen-bond donors (Lipinski definition) is 0. The fraction of sp³-hybridized carbons (Fsp3) is 0.660. The van der Waals surface area contributed by atoms with Gasteiger partial charge in [0.2, 0.25) is 0 Å². The molecule has 0 saturated heterocycles. The molecule has 0 bridgehead atoms. The maximum absolute atomic E-state index is 12.7. The second kappa shape index (κ2) is 44.3. The first kappa shape index (κ1) is 52.6. The van der Waals surface area contributed by atoms with Crippen LogP contribution in [0.4, 0.5) is 0 Å². The number of carbonyl (C=O) groups excluding carboxylic acids is 3. The zero-order valence-corrected chi connectivity index (χ0v) is 36.1. The summed E-state index contributed by atoms with van der Waals surface area (Å²) in [6.45, 7) is 6.29. The molecule has 0 N–H and O–H groups in total. The molecule has 6 nitrogen and oxygen atoms in total. The highest BCUT2D eigenvalue weighted by atomic mass is 16.6. The molecular formula is C50H82O6. The van der Waals surface area contributed by atoms with Crippen LogP contribution in [0, 0.1) is 0 Å². The van der Waals surface area contributed by atoms with Crippen molar-refractivity contribution >= 4 is 17.9 Å². The lowest BCUT2D eigenvalue weighted by atomic mass is 10.1. The summed E-state index contributed by atoms with van der Waals surface area (Å²) in [5.41, 5.74) is 0. The fourth-order valence-electron chi connectivity index (χ4n) is 5.92. The van der Waals surface area contributed by atoms with Gasteiger partial charge in [-0.3, -0.25) is 14.4 Å². The SMILES string of the molecule is CC\C=C/C=C\C=C/C=C\CCCCCC(=O)OC(COC(=O)CCCCCCCCC\C=C/C=C\C=C/CC)COC(=O)CCCCCCCCCCCC. The van der Waals surface area contributed by atoms with E-state index in [2.05, 4.69) is 69.4 Å². The molecule has 0 aliphatic carbocycles. The van der Waals surface area contributed by atoms with E-state index < -0.39 is 6.10 Å². The van der Waals surface area contributed by atoms with Gasteiger partial charge in [0, 0.05) is 19.3 Å². The molecule has 0 aromatic rings. The second-order valence-electron chi connectivity index (χ2n) is 14.7. The monoisotopic (exact) mass is 779 g/mol. The van der Waals surface area contributed by atoms with Gasteiger partial charge < -0.3 is 14.2 Å². The Hall–Kier alpha value is -3.41. The van der Waals surface area contributed by atoms with Crippen molar-refractivity contribution in [3.63, 3.8) is 0 Å². The molecule has 0 heterocycles. The fourth-order valence-corrected chi connectivity index (χ4v) is 5.92. The Bertz CT molecular complexity index is 1120. The van der Waals surface area contributed by atoms with Gasteiger partial charge in [0.1, 0.15) is 13.2 Å². The minimum atomic E-state index is -0.798. The molecule has 318 valence electrons. The van der Waals surface area contributed by atoms with Gasteiger partial charge in [-0.1, -0.05) is 202 Å². The van der Waals surface area contributed by atoms with E-state index in [4.69, 9.17) is 14.2 Å². The Morgan fingerprint density at radius 1 is 0.375 bits per heavy atom. The van der Waals surface area contributed by atoms with Crippen LogP contribution in [0.1, 0.15) is 194 Å². The van der Waals surface area contributed by atoms with E-state index in [-0.39, 0.29) is 37.5 Å². The van der Waals surface area contributed by atoms with Crippen LogP contribution in [-0.2, 0) is 28.6 Å². The molecule has 0 aliphatic rings. The van der Waals surface area contributed by atoms with E-state index in [1.165, 1.54) is 70.6 Å². The third kappa shape index (κ3) is 41.7. The van der Waals surface area contributed by atoms with Gasteiger partial charge in [0.25, 0.3) is 0 Å². The van der Waals surface area contributed by atoms with Crippen LogP contribution < -0.4 is 0 Å². The van der Waals surface area contributed by atoms with Gasteiger partial charge in [-0.25, -0.2) is 0 Å². The first-order chi connectivity index (χ1) is 27.5. The van der Waals surface area contributed by atoms with Crippen LogP contribution in [0.15, 0.2) is 85.1 Å². The van der Waals surface area contributed by atoms with E-state index in [1.54, 1.807) is 0 Å². The molecule has 0 aliphatic heterocycles. The minimum absolute atomic E-state index is 0.0964. The van der Waals surface area contributed by atoms with Crippen molar-refractivity contribution in [3.05, 3.63) is 85.1 Å². The largest absolute Gasteiger partial charge is 0.462 e. The number of allylic oxidation sites excluding steroid dienone is 14. The van der Waals surface area contributed by atoms with Crippen molar-refractivity contribution in [1.82, 2.24) is 0 Å².